The minimum absolute atomic E-state index is 0.0680. The first-order valence-electron chi connectivity index (χ1n) is 27.7. The van der Waals surface area contributed by atoms with E-state index in [1.807, 2.05) is 79.7 Å². The maximum atomic E-state index is 15.0. The highest BCUT2D eigenvalue weighted by molar-refractivity contribution is 7.15. The third-order valence-electron chi connectivity index (χ3n) is 14.0. The van der Waals surface area contributed by atoms with Crippen molar-refractivity contribution < 1.29 is 57.3 Å². The fourth-order valence-corrected chi connectivity index (χ4v) is 10.8. The SMILES string of the molecule is CC(C)C[C@H]1C(=O)O[C@H](Cc2ccc(Cc3nnc(N)s3)cc2)C(=O)N(C)[C@@H](CC(C)C)C(=O)O[C@H](C)C(=O)N(C)[C@@H](CC(C)C)C(=O)O[C@H](Cc2ccc(Cc3nnc(N)s3)cc2)C(=O)N(C)[C@@H](CC(C)C)C(=O)O[C@H](C)C(=O)N1C. The summed E-state index contributed by atoms with van der Waals surface area (Å²) in [5.74, 6) is -7.61. The Kier molecular flexibility index (Phi) is 23.9. The number of aromatic nitrogens is 4. The van der Waals surface area contributed by atoms with E-state index in [1.165, 1.54) is 64.7 Å². The molecule has 3 heterocycles. The second-order valence-corrected chi connectivity index (χ2v) is 25.0. The molecule has 1 fully saturated rings. The lowest BCUT2D eigenvalue weighted by Gasteiger charge is -2.35. The van der Waals surface area contributed by atoms with Gasteiger partial charge in [-0.2, -0.15) is 0 Å². The number of hydrogen-bond donors (Lipinski definition) is 2. The fraction of sp³-hybridized carbons (Fsp3) is 0.586. The molecule has 1 aliphatic heterocycles. The first kappa shape index (κ1) is 65.7. The van der Waals surface area contributed by atoms with Crippen LogP contribution in [0.3, 0.4) is 0 Å². The second kappa shape index (κ2) is 29.8. The maximum Gasteiger partial charge on any atom is 0.329 e. The number of likely N-dealkylation sites (N-methyl/N-ethyl adjacent to an activating group) is 4. The molecule has 4 amide bonds. The van der Waals surface area contributed by atoms with Crippen molar-refractivity contribution in [2.24, 2.45) is 23.7 Å². The zero-order valence-corrected chi connectivity index (χ0v) is 51.3. The lowest BCUT2D eigenvalue weighted by molar-refractivity contribution is -0.176. The van der Waals surface area contributed by atoms with Crippen LogP contribution in [0.5, 0.6) is 0 Å². The number of nitrogen functional groups attached to an aromatic ring is 2. The van der Waals surface area contributed by atoms with Crippen molar-refractivity contribution in [2.75, 3.05) is 39.7 Å². The smallest absolute Gasteiger partial charge is 0.329 e. The van der Waals surface area contributed by atoms with E-state index in [4.69, 9.17) is 30.4 Å². The highest BCUT2D eigenvalue weighted by Crippen LogP contribution is 2.26. The standard InChI is InChI=1S/C58H82N10O12S2/c1-31(2)23-41-53(73)77-35(9)49(69)65(11)44(26-34(7)8)56(76)80-46(28-38-17-21-40(22-18-38)30-48-62-64-58(60)82-48)52(72)68(14)42(24-32(3)4)54(74)78-36(10)50(70)66(12)43(25-33(5)6)55(75)79-45(51(71)67(41)13)27-37-15-19-39(20-16-37)29-47-61-63-57(59)81-47/h15-22,31-36,41-46H,23-30H2,1-14H3,(H2,59,63)(H2,60,64)/t35-,36-,41+,42+,43+,44+,45-,46-/m1/s1. The number of carbonyl (C=O) groups is 8. The molecule has 1 aliphatic rings. The number of nitrogens with two attached hydrogens (primary N) is 2. The molecule has 4 aromatic rings. The summed E-state index contributed by atoms with van der Waals surface area (Å²) in [6.45, 7) is 17.4. The average molecular weight is 1180 g/mol. The first-order valence-corrected chi connectivity index (χ1v) is 29.4. The number of cyclic esters (lactones) is 4. The monoisotopic (exact) mass is 1170 g/mol. The average Bonchev–Trinajstić information content (AvgIpc) is 4.20. The lowest BCUT2D eigenvalue weighted by Crippen LogP contribution is -2.55. The molecular weight excluding hydrogens is 1090 g/mol. The highest BCUT2D eigenvalue weighted by Gasteiger charge is 2.43. The van der Waals surface area contributed by atoms with Crippen LogP contribution in [0.2, 0.25) is 0 Å². The van der Waals surface area contributed by atoms with E-state index in [1.54, 1.807) is 24.3 Å². The largest absolute Gasteiger partial charge is 0.451 e. The molecular formula is C58H82N10O12S2. The quantitative estimate of drug-likeness (QED) is 0.100. The third kappa shape index (κ3) is 18.5. The Balaban J connectivity index is 1.59. The molecule has 0 saturated carbocycles. The number of ether oxygens (including phenoxy) is 4. The summed E-state index contributed by atoms with van der Waals surface area (Å²) in [5.41, 5.74) is 14.5. The van der Waals surface area contributed by atoms with Crippen LogP contribution >= 0.6 is 22.7 Å². The van der Waals surface area contributed by atoms with Crippen molar-refractivity contribution in [3.8, 4) is 0 Å². The van der Waals surface area contributed by atoms with Crippen LogP contribution in [-0.4, -0.2) is 164 Å². The number of rotatable bonds is 16. The summed E-state index contributed by atoms with van der Waals surface area (Å²) in [4.78, 5) is 122. The summed E-state index contributed by atoms with van der Waals surface area (Å²) in [6, 6.07) is 9.21. The van der Waals surface area contributed by atoms with Crippen molar-refractivity contribution in [2.45, 2.75) is 169 Å². The number of esters is 4. The molecule has 24 heteroatoms. The number of benzene rings is 2. The summed E-state index contributed by atoms with van der Waals surface area (Å²) in [6.07, 6.45) is -5.27. The summed E-state index contributed by atoms with van der Waals surface area (Å²) < 4.78 is 24.2. The Bertz CT molecular complexity index is 2630. The van der Waals surface area contributed by atoms with Gasteiger partial charge in [-0.1, -0.05) is 127 Å². The lowest BCUT2D eigenvalue weighted by atomic mass is 9.99. The molecule has 2 aromatic carbocycles. The van der Waals surface area contributed by atoms with Crippen LogP contribution in [0.25, 0.3) is 0 Å². The molecule has 2 aromatic heterocycles. The van der Waals surface area contributed by atoms with Gasteiger partial charge in [0.1, 0.15) is 34.2 Å². The maximum absolute atomic E-state index is 15.0. The Morgan fingerprint density at radius 2 is 0.671 bits per heavy atom. The Hall–Kier alpha value is -7.08. The Morgan fingerprint density at radius 1 is 0.415 bits per heavy atom. The topological polar surface area (TPSA) is 290 Å². The van der Waals surface area contributed by atoms with E-state index in [2.05, 4.69) is 20.4 Å². The van der Waals surface area contributed by atoms with Gasteiger partial charge < -0.3 is 50.0 Å². The second-order valence-electron chi connectivity index (χ2n) is 22.9. The predicted octanol–water partition coefficient (Wildman–Crippen LogP) is 5.71. The van der Waals surface area contributed by atoms with Crippen LogP contribution in [0.4, 0.5) is 10.3 Å². The minimum Gasteiger partial charge on any atom is -0.451 e. The van der Waals surface area contributed by atoms with Crippen molar-refractivity contribution in [1.82, 2.24) is 40.0 Å². The highest BCUT2D eigenvalue weighted by atomic mass is 32.1. The molecule has 1 saturated heterocycles. The van der Waals surface area contributed by atoms with Crippen molar-refractivity contribution in [3.05, 3.63) is 80.8 Å². The molecule has 0 spiro atoms. The van der Waals surface area contributed by atoms with Crippen LogP contribution in [0, 0.1) is 23.7 Å². The molecule has 8 atom stereocenters. The Morgan fingerprint density at radius 3 is 0.927 bits per heavy atom. The molecule has 0 unspecified atom stereocenters. The summed E-state index contributed by atoms with van der Waals surface area (Å²) >= 11 is 2.51. The molecule has 82 heavy (non-hydrogen) atoms. The number of amides is 4. The van der Waals surface area contributed by atoms with E-state index < -0.39 is 96.1 Å². The molecule has 5 rings (SSSR count). The normalized spacial score (nSPS) is 23.0. The predicted molar refractivity (Wildman–Crippen MR) is 309 cm³/mol. The van der Waals surface area contributed by atoms with E-state index in [0.717, 1.165) is 30.7 Å². The van der Waals surface area contributed by atoms with Gasteiger partial charge in [0.2, 0.25) is 10.3 Å². The summed E-state index contributed by atoms with van der Waals surface area (Å²) in [7, 11) is 5.52. The number of anilines is 2. The van der Waals surface area contributed by atoms with Gasteiger partial charge in [-0.25, -0.2) is 19.2 Å². The molecule has 0 aliphatic carbocycles. The van der Waals surface area contributed by atoms with Crippen molar-refractivity contribution >= 4 is 80.4 Å². The van der Waals surface area contributed by atoms with Crippen LogP contribution in [0.1, 0.15) is 127 Å². The minimum atomic E-state index is -1.55. The molecule has 22 nitrogen and oxygen atoms in total. The van der Waals surface area contributed by atoms with Crippen molar-refractivity contribution in [1.29, 1.82) is 0 Å². The number of hydrogen-bond acceptors (Lipinski definition) is 20. The van der Waals surface area contributed by atoms with Gasteiger partial charge in [-0.05, 0) is 85.5 Å². The summed E-state index contributed by atoms with van der Waals surface area (Å²) in [5, 5.41) is 18.0. The fourth-order valence-electron chi connectivity index (χ4n) is 9.52. The molecule has 4 N–H and O–H groups in total. The zero-order valence-electron chi connectivity index (χ0n) is 49.7. The van der Waals surface area contributed by atoms with Gasteiger partial charge in [0.25, 0.3) is 23.6 Å². The van der Waals surface area contributed by atoms with Gasteiger partial charge in [0, 0.05) is 53.9 Å². The van der Waals surface area contributed by atoms with Gasteiger partial charge in [0.05, 0.1) is 0 Å². The van der Waals surface area contributed by atoms with Crippen LogP contribution < -0.4 is 11.5 Å². The molecule has 0 radical (unpaired) electrons. The van der Waals surface area contributed by atoms with Crippen LogP contribution in [-0.2, 0) is 83.0 Å². The van der Waals surface area contributed by atoms with E-state index in [0.29, 0.717) is 44.2 Å². The van der Waals surface area contributed by atoms with Gasteiger partial charge in [0.15, 0.2) is 24.4 Å². The van der Waals surface area contributed by atoms with Gasteiger partial charge in [-0.3, -0.25) is 19.2 Å². The van der Waals surface area contributed by atoms with E-state index in [-0.39, 0.29) is 62.2 Å². The number of nitrogens with zero attached hydrogens (tertiary/aromatic N) is 8. The molecule has 0 bridgehead atoms. The van der Waals surface area contributed by atoms with Crippen molar-refractivity contribution in [3.63, 3.8) is 0 Å². The Labute approximate surface area is 488 Å². The van der Waals surface area contributed by atoms with E-state index >= 15 is 0 Å². The first-order chi connectivity index (χ1) is 38.5. The van der Waals surface area contributed by atoms with E-state index in [9.17, 15) is 38.4 Å². The zero-order chi connectivity index (χ0) is 60.9. The van der Waals surface area contributed by atoms with Gasteiger partial charge >= 0.3 is 23.9 Å². The van der Waals surface area contributed by atoms with Crippen LogP contribution in [0.15, 0.2) is 48.5 Å². The third-order valence-corrected chi connectivity index (χ3v) is 15.5. The van der Waals surface area contributed by atoms with Gasteiger partial charge in [-0.15, -0.1) is 20.4 Å². The number of carbonyl (C=O) groups excluding carboxylic acids is 8. The molecule has 448 valence electrons.